The van der Waals surface area contributed by atoms with Crippen LogP contribution in [0.5, 0.6) is 0 Å². The molecular formula is C18H17ClN2O3. The van der Waals surface area contributed by atoms with E-state index in [0.717, 1.165) is 5.56 Å². The molecule has 2 aromatic rings. The highest BCUT2D eigenvalue weighted by atomic mass is 35.5. The largest absolute Gasteiger partial charge is 0.506 e. The summed E-state index contributed by atoms with van der Waals surface area (Å²) in [5, 5.41) is 10.5. The lowest BCUT2D eigenvalue weighted by Crippen LogP contribution is -2.11. The number of hydrogen-bond acceptors (Lipinski definition) is 5. The third kappa shape index (κ3) is 4.43. The Bertz CT molecular complexity index is 800. The fourth-order valence-electron chi connectivity index (χ4n) is 1.97. The molecular weight excluding hydrogens is 328 g/mol. The van der Waals surface area contributed by atoms with Gasteiger partial charge in [0.2, 0.25) is 0 Å². The van der Waals surface area contributed by atoms with Gasteiger partial charge in [0.1, 0.15) is 16.5 Å². The molecule has 6 heteroatoms. The van der Waals surface area contributed by atoms with Gasteiger partial charge in [-0.3, -0.25) is 4.99 Å². The van der Waals surface area contributed by atoms with Gasteiger partial charge >= 0.3 is 5.97 Å². The van der Waals surface area contributed by atoms with Crippen LogP contribution >= 0.6 is 11.6 Å². The summed E-state index contributed by atoms with van der Waals surface area (Å²) in [7, 11) is 0. The highest BCUT2D eigenvalue weighted by molar-refractivity contribution is 6.31. The molecule has 0 bridgehead atoms. The van der Waals surface area contributed by atoms with Gasteiger partial charge in [-0.05, 0) is 43.7 Å². The Balaban J connectivity index is 2.47. The quantitative estimate of drug-likeness (QED) is 0.289. The maximum Gasteiger partial charge on any atom is 0.343 e. The first kappa shape index (κ1) is 17.7. The fraction of sp³-hybridized carbons (Fsp3) is 0.167. The van der Waals surface area contributed by atoms with Crippen LogP contribution in [-0.4, -0.2) is 28.9 Å². The molecule has 5 nitrogen and oxygen atoms in total. The summed E-state index contributed by atoms with van der Waals surface area (Å²) >= 11 is 5.98. The minimum Gasteiger partial charge on any atom is -0.506 e. The van der Waals surface area contributed by atoms with Crippen LogP contribution in [0, 0.1) is 6.92 Å². The van der Waals surface area contributed by atoms with Gasteiger partial charge < -0.3 is 9.84 Å². The van der Waals surface area contributed by atoms with Crippen LogP contribution in [0.15, 0.2) is 53.2 Å². The zero-order valence-corrected chi connectivity index (χ0v) is 14.1. The van der Waals surface area contributed by atoms with E-state index in [0.29, 0.717) is 5.69 Å². The second-order valence-corrected chi connectivity index (χ2v) is 5.28. The predicted octanol–water partition coefficient (Wildman–Crippen LogP) is 4.28. The summed E-state index contributed by atoms with van der Waals surface area (Å²) < 4.78 is 4.99. The van der Waals surface area contributed by atoms with Gasteiger partial charge in [-0.15, -0.1) is 0 Å². The molecule has 0 radical (unpaired) electrons. The molecule has 0 aliphatic heterocycles. The van der Waals surface area contributed by atoms with Crippen molar-refractivity contribution in [1.29, 1.82) is 0 Å². The molecule has 1 N–H and O–H groups in total. The Morgan fingerprint density at radius 2 is 2.17 bits per heavy atom. The molecule has 0 saturated heterocycles. The van der Waals surface area contributed by atoms with Crippen molar-refractivity contribution >= 4 is 35.2 Å². The number of aromatic nitrogens is 1. The monoisotopic (exact) mass is 344 g/mol. The van der Waals surface area contributed by atoms with Crippen molar-refractivity contribution in [2.24, 2.45) is 4.99 Å². The minimum absolute atomic E-state index is 0.0840. The van der Waals surface area contributed by atoms with E-state index in [-0.39, 0.29) is 28.7 Å². The van der Waals surface area contributed by atoms with E-state index in [1.165, 1.54) is 12.4 Å². The number of carbonyl (C=O) groups excluding carboxylic acids is 1. The Kier molecular flexibility index (Phi) is 6.09. The second kappa shape index (κ2) is 8.26. The van der Waals surface area contributed by atoms with Crippen molar-refractivity contribution in [1.82, 2.24) is 4.98 Å². The minimum atomic E-state index is -0.689. The van der Waals surface area contributed by atoms with Gasteiger partial charge in [0.25, 0.3) is 0 Å². The first-order valence-corrected chi connectivity index (χ1v) is 7.72. The van der Waals surface area contributed by atoms with Crippen LogP contribution in [0.25, 0.3) is 5.76 Å². The van der Waals surface area contributed by atoms with Gasteiger partial charge in [0.15, 0.2) is 0 Å². The molecule has 0 aliphatic rings. The molecule has 124 valence electrons. The summed E-state index contributed by atoms with van der Waals surface area (Å²) in [6.45, 7) is 3.80. The topological polar surface area (TPSA) is 71.8 Å². The molecule has 0 aliphatic carbocycles. The number of esters is 1. The summed E-state index contributed by atoms with van der Waals surface area (Å²) in [5.41, 5.74) is 1.83. The Labute approximate surface area is 145 Å². The maximum atomic E-state index is 12.2. The second-order valence-electron chi connectivity index (χ2n) is 4.92. The molecule has 0 spiro atoms. The molecule has 1 heterocycles. The number of aliphatic hydroxyl groups is 1. The number of ether oxygens (including phenoxy) is 1. The first-order valence-electron chi connectivity index (χ1n) is 7.35. The number of nitrogens with zero attached hydrogens (tertiary/aromatic N) is 2. The molecule has 24 heavy (non-hydrogen) atoms. The van der Waals surface area contributed by atoms with Crippen molar-refractivity contribution < 1.29 is 14.6 Å². The standard InChI is InChI=1S/C18H17ClN2O3/c1-3-24-18(23)15(11-21-13-7-4-6-12(2)10-13)16(22)14-8-5-9-20-17(14)19/h4-11,22H,3H2,1-2H3/b16-15-,21-11?. The average molecular weight is 345 g/mol. The number of hydrogen-bond donors (Lipinski definition) is 1. The Morgan fingerprint density at radius 1 is 1.38 bits per heavy atom. The third-order valence-electron chi connectivity index (χ3n) is 3.11. The SMILES string of the molecule is CCOC(=O)/C(C=Nc1cccc(C)c1)=C(\O)c1cccnc1Cl. The molecule has 2 rings (SSSR count). The van der Waals surface area contributed by atoms with Crippen LogP contribution in [0.1, 0.15) is 18.1 Å². The van der Waals surface area contributed by atoms with E-state index in [9.17, 15) is 9.90 Å². The van der Waals surface area contributed by atoms with Crippen LogP contribution in [0.4, 0.5) is 5.69 Å². The lowest BCUT2D eigenvalue weighted by atomic mass is 10.1. The molecule has 0 unspecified atom stereocenters. The van der Waals surface area contributed by atoms with Gasteiger partial charge in [-0.25, -0.2) is 9.78 Å². The number of halogens is 1. The number of rotatable bonds is 5. The summed E-state index contributed by atoms with van der Waals surface area (Å²) in [4.78, 5) is 20.3. The Hall–Kier alpha value is -2.66. The van der Waals surface area contributed by atoms with Crippen LogP contribution < -0.4 is 0 Å². The molecule has 0 amide bonds. The molecule has 1 aromatic heterocycles. The number of aliphatic imine (C=N–C) groups is 1. The van der Waals surface area contributed by atoms with Gasteiger partial charge in [-0.2, -0.15) is 0 Å². The molecule has 0 fully saturated rings. The molecule has 0 saturated carbocycles. The van der Waals surface area contributed by atoms with Crippen molar-refractivity contribution in [3.63, 3.8) is 0 Å². The average Bonchev–Trinajstić information content (AvgIpc) is 2.55. The highest BCUT2D eigenvalue weighted by Gasteiger charge is 2.18. The van der Waals surface area contributed by atoms with Crippen molar-refractivity contribution in [3.8, 4) is 0 Å². The number of carbonyl (C=O) groups is 1. The van der Waals surface area contributed by atoms with E-state index in [2.05, 4.69) is 9.98 Å². The zero-order chi connectivity index (χ0) is 17.5. The normalized spacial score (nSPS) is 12.1. The summed E-state index contributed by atoms with van der Waals surface area (Å²) in [6.07, 6.45) is 2.76. The van der Waals surface area contributed by atoms with E-state index < -0.39 is 5.97 Å². The smallest absolute Gasteiger partial charge is 0.343 e. The number of aryl methyl sites for hydroxylation is 1. The molecule has 0 atom stereocenters. The third-order valence-corrected chi connectivity index (χ3v) is 3.41. The van der Waals surface area contributed by atoms with Gasteiger partial charge in [-0.1, -0.05) is 23.7 Å². The van der Waals surface area contributed by atoms with Crippen molar-refractivity contribution in [2.45, 2.75) is 13.8 Å². The van der Waals surface area contributed by atoms with Gasteiger partial charge in [0, 0.05) is 12.4 Å². The maximum absolute atomic E-state index is 12.2. The predicted molar refractivity (Wildman–Crippen MR) is 94.8 cm³/mol. The fourth-order valence-corrected chi connectivity index (χ4v) is 2.18. The van der Waals surface area contributed by atoms with E-state index >= 15 is 0 Å². The summed E-state index contributed by atoms with van der Waals surface area (Å²) in [5.74, 6) is -1.02. The van der Waals surface area contributed by atoms with E-state index in [1.807, 2.05) is 25.1 Å². The van der Waals surface area contributed by atoms with Crippen molar-refractivity contribution in [3.05, 3.63) is 64.4 Å². The van der Waals surface area contributed by atoms with E-state index in [1.54, 1.807) is 25.1 Å². The number of benzene rings is 1. The number of pyridine rings is 1. The van der Waals surface area contributed by atoms with Crippen molar-refractivity contribution in [2.75, 3.05) is 6.61 Å². The van der Waals surface area contributed by atoms with E-state index in [4.69, 9.17) is 16.3 Å². The zero-order valence-electron chi connectivity index (χ0n) is 13.4. The lowest BCUT2D eigenvalue weighted by molar-refractivity contribution is -0.137. The lowest BCUT2D eigenvalue weighted by Gasteiger charge is -2.07. The summed E-state index contributed by atoms with van der Waals surface area (Å²) in [6, 6.07) is 10.6. The first-order chi connectivity index (χ1) is 11.5. The molecule has 1 aromatic carbocycles. The van der Waals surface area contributed by atoms with Gasteiger partial charge in [0.05, 0.1) is 17.9 Å². The highest BCUT2D eigenvalue weighted by Crippen LogP contribution is 2.23. The Morgan fingerprint density at radius 3 is 2.83 bits per heavy atom. The van der Waals surface area contributed by atoms with Crippen LogP contribution in [0.2, 0.25) is 5.15 Å². The number of aliphatic hydroxyl groups excluding tert-OH is 1. The van der Waals surface area contributed by atoms with Crippen LogP contribution in [0.3, 0.4) is 0 Å². The van der Waals surface area contributed by atoms with Crippen LogP contribution in [-0.2, 0) is 9.53 Å².